The zero-order valence-corrected chi connectivity index (χ0v) is 27.8. The number of aromatic nitrogens is 6. The average Bonchev–Trinajstić information content (AvgIpc) is 3.81. The van der Waals surface area contributed by atoms with Crippen molar-refractivity contribution in [2.24, 2.45) is 7.05 Å². The van der Waals surface area contributed by atoms with Crippen LogP contribution in [0, 0.1) is 29.3 Å². The fraction of sp³-hybridized carbons (Fsp3) is 0.250. The number of hydrogen-bond acceptors (Lipinski definition) is 9. The Morgan fingerprint density at radius 3 is 2.70 bits per heavy atom. The number of ether oxygens (including phenoxy) is 3. The summed E-state index contributed by atoms with van der Waals surface area (Å²) in [5.74, 6) is 3.80. The number of hydrogen-bond donors (Lipinski definition) is 0. The third kappa shape index (κ3) is 7.10. The topological polar surface area (TPSA) is 106 Å². The highest BCUT2D eigenvalue weighted by molar-refractivity contribution is 7.12. The zero-order chi connectivity index (χ0) is 34.8. The van der Waals surface area contributed by atoms with E-state index in [4.69, 9.17) is 14.2 Å². The van der Waals surface area contributed by atoms with Gasteiger partial charge in [0.25, 0.3) is 0 Å². The van der Waals surface area contributed by atoms with E-state index in [9.17, 15) is 4.79 Å². The Hall–Kier alpha value is -5.52. The highest BCUT2D eigenvalue weighted by Gasteiger charge is 2.25. The van der Waals surface area contributed by atoms with Gasteiger partial charge in [0, 0.05) is 37.9 Å². The van der Waals surface area contributed by atoms with E-state index >= 15 is 13.2 Å². The maximum absolute atomic E-state index is 15.7. The van der Waals surface area contributed by atoms with Gasteiger partial charge < -0.3 is 18.8 Å². The monoisotopic (exact) mass is 698 g/mol. The molecule has 0 N–H and O–H groups in total. The van der Waals surface area contributed by atoms with E-state index in [-0.39, 0.29) is 59.5 Å². The molecule has 1 saturated heterocycles. The number of esters is 1. The second-order valence-electron chi connectivity index (χ2n) is 11.5. The van der Waals surface area contributed by atoms with Crippen molar-refractivity contribution in [3.05, 3.63) is 111 Å². The Balaban J connectivity index is 1.10. The average molecular weight is 699 g/mol. The van der Waals surface area contributed by atoms with Crippen molar-refractivity contribution >= 4 is 28.3 Å². The molecule has 14 heteroatoms. The van der Waals surface area contributed by atoms with Crippen LogP contribution in [0.2, 0.25) is 0 Å². The van der Waals surface area contributed by atoms with E-state index in [1.165, 1.54) is 17.4 Å². The number of rotatable bonds is 10. The van der Waals surface area contributed by atoms with Crippen LogP contribution < -0.4 is 4.74 Å². The highest BCUT2D eigenvalue weighted by Crippen LogP contribution is 2.30. The third-order valence-electron chi connectivity index (χ3n) is 7.99. The number of halogens is 3. The van der Waals surface area contributed by atoms with Gasteiger partial charge in [-0.2, -0.15) is 5.10 Å². The van der Waals surface area contributed by atoms with Gasteiger partial charge in [0.05, 0.1) is 58.9 Å². The van der Waals surface area contributed by atoms with E-state index in [1.54, 1.807) is 46.8 Å². The lowest BCUT2D eigenvalue weighted by Crippen LogP contribution is -2.31. The summed E-state index contributed by atoms with van der Waals surface area (Å²) >= 11 is 1.37. The Morgan fingerprint density at radius 2 is 1.94 bits per heavy atom. The van der Waals surface area contributed by atoms with Gasteiger partial charge in [0.2, 0.25) is 5.88 Å². The van der Waals surface area contributed by atoms with Crippen molar-refractivity contribution < 1.29 is 32.2 Å². The maximum Gasteiger partial charge on any atom is 0.338 e. The number of aryl methyl sites for hydroxylation is 1. The summed E-state index contributed by atoms with van der Waals surface area (Å²) in [4.78, 5) is 26.3. The normalized spacial score (nSPS) is 13.9. The molecule has 0 aliphatic carbocycles. The van der Waals surface area contributed by atoms with E-state index in [0.717, 1.165) is 35.1 Å². The van der Waals surface area contributed by atoms with Crippen LogP contribution in [0.15, 0.2) is 61.1 Å². The summed E-state index contributed by atoms with van der Waals surface area (Å²) in [6.07, 6.45) is 5.63. The standard InChI is InChI=1S/C36H29F3N6O4S/c1-3-47-36(46)23-12-29(39)35-31(13-23)45(19-24-9-10-48-24)32(43-35)14-22-11-28(38)26(15-27(22)37)30-5-4-6-33(42-30)49-20-34-40-17-25(50-34)8-7-21-16-41-44(2)18-21/h4-6,11-13,15-18,24H,3,9-10,14,19-20H2,1-2H3/t24-/m0/s1. The maximum atomic E-state index is 15.7. The van der Waals surface area contributed by atoms with Crippen LogP contribution >= 0.6 is 11.3 Å². The quantitative estimate of drug-likeness (QED) is 0.122. The number of pyridine rings is 1. The first-order chi connectivity index (χ1) is 24.2. The van der Waals surface area contributed by atoms with Crippen LogP contribution in [0.3, 0.4) is 0 Å². The summed E-state index contributed by atoms with van der Waals surface area (Å²) in [5.41, 5.74) is 1.30. The molecule has 0 unspecified atom stereocenters. The molecule has 7 rings (SSSR count). The molecular formula is C36H29F3N6O4S. The molecule has 1 atom stereocenters. The number of carbonyl (C=O) groups is 1. The number of fused-ring (bicyclic) bond motifs is 1. The predicted octanol–water partition coefficient (Wildman–Crippen LogP) is 6.24. The van der Waals surface area contributed by atoms with Crippen LogP contribution in [0.4, 0.5) is 13.2 Å². The second-order valence-corrected chi connectivity index (χ2v) is 12.6. The molecule has 5 heterocycles. The smallest absolute Gasteiger partial charge is 0.338 e. The molecule has 254 valence electrons. The zero-order valence-electron chi connectivity index (χ0n) is 27.0. The molecule has 2 aromatic carbocycles. The van der Waals surface area contributed by atoms with Gasteiger partial charge in [-0.25, -0.2) is 32.9 Å². The van der Waals surface area contributed by atoms with E-state index < -0.39 is 23.4 Å². The lowest BCUT2D eigenvalue weighted by molar-refractivity contribution is -0.0589. The molecule has 0 radical (unpaired) electrons. The molecular weight excluding hydrogens is 669 g/mol. The molecule has 1 aliphatic heterocycles. The summed E-state index contributed by atoms with van der Waals surface area (Å²) in [6, 6.07) is 9.54. The lowest BCUT2D eigenvalue weighted by atomic mass is 10.0. The van der Waals surface area contributed by atoms with Crippen molar-refractivity contribution in [2.75, 3.05) is 13.2 Å². The summed E-state index contributed by atoms with van der Waals surface area (Å²) < 4.78 is 66.3. The third-order valence-corrected chi connectivity index (χ3v) is 8.88. The molecule has 0 amide bonds. The van der Waals surface area contributed by atoms with Crippen LogP contribution in [0.5, 0.6) is 5.88 Å². The largest absolute Gasteiger partial charge is 0.470 e. The molecule has 1 aliphatic rings. The fourth-order valence-corrected chi connectivity index (χ4v) is 6.14. The van der Waals surface area contributed by atoms with E-state index in [1.807, 2.05) is 13.2 Å². The first-order valence-corrected chi connectivity index (χ1v) is 16.6. The Morgan fingerprint density at radius 1 is 1.08 bits per heavy atom. The fourth-order valence-electron chi connectivity index (χ4n) is 5.46. The van der Waals surface area contributed by atoms with Gasteiger partial charge in [-0.05, 0) is 55.2 Å². The first-order valence-electron chi connectivity index (χ1n) is 15.7. The van der Waals surface area contributed by atoms with Crippen molar-refractivity contribution in [2.45, 2.75) is 39.0 Å². The number of imidazole rings is 1. The second kappa shape index (κ2) is 14.1. The highest BCUT2D eigenvalue weighted by atomic mass is 32.1. The van der Waals surface area contributed by atoms with Gasteiger partial charge in [-0.15, -0.1) is 11.3 Å². The number of carbonyl (C=O) groups excluding carboxylic acids is 1. The number of nitrogens with zero attached hydrogens (tertiary/aromatic N) is 6. The van der Waals surface area contributed by atoms with Crippen LogP contribution in [0.1, 0.15) is 50.5 Å². The van der Waals surface area contributed by atoms with E-state index in [2.05, 4.69) is 31.9 Å². The van der Waals surface area contributed by atoms with Crippen LogP contribution in [-0.2, 0) is 36.1 Å². The molecule has 1 fully saturated rings. The molecule has 10 nitrogen and oxygen atoms in total. The van der Waals surface area contributed by atoms with Gasteiger partial charge in [0.1, 0.15) is 34.6 Å². The van der Waals surface area contributed by atoms with Crippen molar-refractivity contribution in [3.8, 4) is 29.0 Å². The Kier molecular flexibility index (Phi) is 9.34. The number of benzene rings is 2. The lowest BCUT2D eigenvalue weighted by Gasteiger charge is -2.27. The minimum atomic E-state index is -0.722. The van der Waals surface area contributed by atoms with Crippen molar-refractivity contribution in [3.63, 3.8) is 0 Å². The molecule has 0 spiro atoms. The van der Waals surface area contributed by atoms with Crippen LogP contribution in [-0.4, -0.2) is 54.6 Å². The van der Waals surface area contributed by atoms with Crippen LogP contribution in [0.25, 0.3) is 22.3 Å². The van der Waals surface area contributed by atoms with Crippen molar-refractivity contribution in [1.29, 1.82) is 0 Å². The van der Waals surface area contributed by atoms with Gasteiger partial charge in [0.15, 0.2) is 5.82 Å². The van der Waals surface area contributed by atoms with Crippen molar-refractivity contribution in [1.82, 2.24) is 29.3 Å². The summed E-state index contributed by atoms with van der Waals surface area (Å²) in [5, 5.41) is 4.76. The summed E-state index contributed by atoms with van der Waals surface area (Å²) in [7, 11) is 1.82. The van der Waals surface area contributed by atoms with Gasteiger partial charge in [-0.1, -0.05) is 12.0 Å². The molecule has 0 bridgehead atoms. The van der Waals surface area contributed by atoms with Gasteiger partial charge in [-0.3, -0.25) is 4.68 Å². The molecule has 6 aromatic rings. The molecule has 0 saturated carbocycles. The minimum absolute atomic E-state index is 0.0116. The summed E-state index contributed by atoms with van der Waals surface area (Å²) in [6.45, 7) is 2.79. The predicted molar refractivity (Wildman–Crippen MR) is 178 cm³/mol. The Bertz CT molecular complexity index is 2280. The Labute approximate surface area is 288 Å². The minimum Gasteiger partial charge on any atom is -0.470 e. The SMILES string of the molecule is CCOC(=O)c1cc(F)c2nc(Cc3cc(F)c(-c4cccc(OCc5ncc(C#Cc6cnn(C)c6)s5)n4)cc3F)n(C[C@@H]3CCO3)c2c1. The number of thiazole rings is 1. The molecule has 50 heavy (non-hydrogen) atoms. The molecule has 4 aromatic heterocycles. The first kappa shape index (κ1) is 33.0. The van der Waals surface area contributed by atoms with E-state index in [0.29, 0.717) is 29.5 Å². The van der Waals surface area contributed by atoms with Gasteiger partial charge >= 0.3 is 5.97 Å².